The van der Waals surface area contributed by atoms with Crippen LogP contribution in [0.1, 0.15) is 49.4 Å². The zero-order chi connectivity index (χ0) is 17.2. The van der Waals surface area contributed by atoms with Gasteiger partial charge in [-0.2, -0.15) is 0 Å². The lowest BCUT2D eigenvalue weighted by atomic mass is 9.82. The maximum Gasteiger partial charge on any atom is 0.187 e. The van der Waals surface area contributed by atoms with E-state index in [1.54, 1.807) is 6.33 Å². The van der Waals surface area contributed by atoms with Crippen LogP contribution in [0.3, 0.4) is 0 Å². The van der Waals surface area contributed by atoms with Crippen LogP contribution in [-0.4, -0.2) is 39.1 Å². The number of halogens is 1. The van der Waals surface area contributed by atoms with E-state index < -0.39 is 0 Å². The fraction of sp³-hybridized carbons (Fsp3) is 0.556. The summed E-state index contributed by atoms with van der Waals surface area (Å²) in [5, 5.41) is 3.44. The minimum Gasteiger partial charge on any atom is -0.365 e. The van der Waals surface area contributed by atoms with Gasteiger partial charge in [0, 0.05) is 36.8 Å². The van der Waals surface area contributed by atoms with Gasteiger partial charge in [0.25, 0.3) is 0 Å². The standard InChI is InChI=1S/C18H23FN6/c1-12-8-15(21-10-20-12)24-14-6-3-7-25(9-14)18-16(19)17(22-11-23-18)13-4-2-5-13/h8,10-11,13-14H,2-7,9H2,1H3,(H,20,21,24). The Labute approximate surface area is 146 Å². The summed E-state index contributed by atoms with van der Waals surface area (Å²) in [5.74, 6) is 1.30. The number of hydrogen-bond acceptors (Lipinski definition) is 6. The smallest absolute Gasteiger partial charge is 0.187 e. The molecule has 1 aliphatic carbocycles. The van der Waals surface area contributed by atoms with E-state index in [2.05, 4.69) is 25.3 Å². The third-order valence-electron chi connectivity index (χ3n) is 5.17. The fourth-order valence-electron chi connectivity index (χ4n) is 3.59. The van der Waals surface area contributed by atoms with Crippen molar-refractivity contribution in [2.24, 2.45) is 0 Å². The van der Waals surface area contributed by atoms with Crippen LogP contribution in [0.25, 0.3) is 0 Å². The molecule has 1 N–H and O–H groups in total. The second-order valence-electron chi connectivity index (χ2n) is 7.00. The molecule has 0 spiro atoms. The van der Waals surface area contributed by atoms with Crippen molar-refractivity contribution in [1.29, 1.82) is 0 Å². The molecule has 1 saturated heterocycles. The van der Waals surface area contributed by atoms with E-state index in [4.69, 9.17) is 0 Å². The van der Waals surface area contributed by atoms with Crippen LogP contribution in [0, 0.1) is 12.7 Å². The molecular weight excluding hydrogens is 319 g/mol. The van der Waals surface area contributed by atoms with Gasteiger partial charge in [-0.15, -0.1) is 0 Å². The van der Waals surface area contributed by atoms with Crippen LogP contribution >= 0.6 is 0 Å². The van der Waals surface area contributed by atoms with Gasteiger partial charge in [0.2, 0.25) is 0 Å². The molecule has 7 heteroatoms. The molecule has 1 aliphatic heterocycles. The van der Waals surface area contributed by atoms with Crippen molar-refractivity contribution in [3.8, 4) is 0 Å². The Morgan fingerprint density at radius 2 is 1.92 bits per heavy atom. The lowest BCUT2D eigenvalue weighted by molar-refractivity contribution is 0.391. The third-order valence-corrected chi connectivity index (χ3v) is 5.17. The van der Waals surface area contributed by atoms with E-state index in [1.807, 2.05) is 17.9 Å². The minimum atomic E-state index is -0.231. The largest absolute Gasteiger partial charge is 0.365 e. The fourth-order valence-corrected chi connectivity index (χ4v) is 3.59. The Bertz CT molecular complexity index is 748. The van der Waals surface area contributed by atoms with Crippen molar-refractivity contribution >= 4 is 11.6 Å². The monoisotopic (exact) mass is 342 g/mol. The lowest BCUT2D eigenvalue weighted by Gasteiger charge is -2.35. The van der Waals surface area contributed by atoms with E-state index in [9.17, 15) is 4.39 Å². The van der Waals surface area contributed by atoms with Crippen LogP contribution in [0.2, 0.25) is 0 Å². The highest BCUT2D eigenvalue weighted by atomic mass is 19.1. The van der Waals surface area contributed by atoms with Gasteiger partial charge in [0.1, 0.15) is 18.5 Å². The summed E-state index contributed by atoms with van der Waals surface area (Å²) in [6.45, 7) is 3.47. The number of nitrogens with zero attached hydrogens (tertiary/aromatic N) is 5. The first kappa shape index (κ1) is 16.2. The molecule has 1 saturated carbocycles. The number of rotatable bonds is 4. The molecule has 0 amide bonds. The average molecular weight is 342 g/mol. The molecule has 132 valence electrons. The lowest BCUT2D eigenvalue weighted by Crippen LogP contribution is -2.43. The average Bonchev–Trinajstić information content (AvgIpc) is 2.55. The first-order valence-corrected chi connectivity index (χ1v) is 9.01. The van der Waals surface area contributed by atoms with Gasteiger partial charge in [-0.05, 0) is 32.6 Å². The molecule has 0 radical (unpaired) electrons. The van der Waals surface area contributed by atoms with Crippen molar-refractivity contribution in [3.63, 3.8) is 0 Å². The predicted octanol–water partition coefficient (Wildman–Crippen LogP) is 3.06. The number of anilines is 2. The van der Waals surface area contributed by atoms with E-state index in [0.29, 0.717) is 18.1 Å². The van der Waals surface area contributed by atoms with Gasteiger partial charge in [-0.3, -0.25) is 0 Å². The Morgan fingerprint density at radius 3 is 2.68 bits per heavy atom. The summed E-state index contributed by atoms with van der Waals surface area (Å²) in [5.41, 5.74) is 1.52. The van der Waals surface area contributed by atoms with Crippen LogP contribution < -0.4 is 10.2 Å². The number of piperidine rings is 1. The van der Waals surface area contributed by atoms with E-state index >= 15 is 0 Å². The summed E-state index contributed by atoms with van der Waals surface area (Å²) >= 11 is 0. The molecule has 4 rings (SSSR count). The highest BCUT2D eigenvalue weighted by molar-refractivity contribution is 5.44. The number of aryl methyl sites for hydroxylation is 1. The molecule has 0 aromatic carbocycles. The second kappa shape index (κ2) is 6.90. The highest BCUT2D eigenvalue weighted by Gasteiger charge is 2.29. The van der Waals surface area contributed by atoms with E-state index in [-0.39, 0.29) is 17.8 Å². The van der Waals surface area contributed by atoms with Gasteiger partial charge in [0.15, 0.2) is 11.6 Å². The van der Waals surface area contributed by atoms with Crippen molar-refractivity contribution < 1.29 is 4.39 Å². The summed E-state index contributed by atoms with van der Waals surface area (Å²) < 4.78 is 14.9. The maximum absolute atomic E-state index is 14.9. The number of hydrogen-bond donors (Lipinski definition) is 1. The van der Waals surface area contributed by atoms with Crippen LogP contribution in [-0.2, 0) is 0 Å². The van der Waals surface area contributed by atoms with Crippen LogP contribution in [0.4, 0.5) is 16.0 Å². The summed E-state index contributed by atoms with van der Waals surface area (Å²) in [6, 6.07) is 2.14. The Balaban J connectivity index is 1.49. The molecule has 2 aromatic rings. The van der Waals surface area contributed by atoms with Crippen molar-refractivity contribution in [1.82, 2.24) is 19.9 Å². The quantitative estimate of drug-likeness (QED) is 0.921. The van der Waals surface area contributed by atoms with Crippen molar-refractivity contribution in [2.45, 2.75) is 51.0 Å². The molecule has 2 fully saturated rings. The van der Waals surface area contributed by atoms with Gasteiger partial charge < -0.3 is 10.2 Å². The van der Waals surface area contributed by atoms with Gasteiger partial charge in [-0.25, -0.2) is 24.3 Å². The summed E-state index contributed by atoms with van der Waals surface area (Å²) in [7, 11) is 0. The first-order chi connectivity index (χ1) is 12.2. The zero-order valence-electron chi connectivity index (χ0n) is 14.5. The van der Waals surface area contributed by atoms with Crippen LogP contribution in [0.15, 0.2) is 18.7 Å². The number of nitrogens with one attached hydrogen (secondary N) is 1. The number of aromatic nitrogens is 4. The third kappa shape index (κ3) is 3.41. The molecule has 6 nitrogen and oxygen atoms in total. The van der Waals surface area contributed by atoms with Gasteiger partial charge in [-0.1, -0.05) is 6.42 Å². The van der Waals surface area contributed by atoms with Crippen LogP contribution in [0.5, 0.6) is 0 Å². The predicted molar refractivity (Wildman–Crippen MR) is 94.2 cm³/mol. The van der Waals surface area contributed by atoms with E-state index in [0.717, 1.165) is 50.2 Å². The zero-order valence-corrected chi connectivity index (χ0v) is 14.5. The highest BCUT2D eigenvalue weighted by Crippen LogP contribution is 2.38. The normalized spacial score (nSPS) is 21.0. The Kier molecular flexibility index (Phi) is 4.46. The summed E-state index contributed by atoms with van der Waals surface area (Å²) in [4.78, 5) is 18.9. The van der Waals surface area contributed by atoms with Crippen molar-refractivity contribution in [3.05, 3.63) is 35.9 Å². The molecule has 1 unspecified atom stereocenters. The topological polar surface area (TPSA) is 66.8 Å². The van der Waals surface area contributed by atoms with Gasteiger partial charge in [0.05, 0.1) is 5.69 Å². The van der Waals surface area contributed by atoms with Gasteiger partial charge >= 0.3 is 0 Å². The molecule has 0 bridgehead atoms. The maximum atomic E-state index is 14.9. The Hall–Kier alpha value is -2.31. The molecular formula is C18H23FN6. The minimum absolute atomic E-state index is 0.213. The Morgan fingerprint density at radius 1 is 1.08 bits per heavy atom. The molecule has 25 heavy (non-hydrogen) atoms. The van der Waals surface area contributed by atoms with Crippen molar-refractivity contribution in [2.75, 3.05) is 23.3 Å². The molecule has 2 aliphatic rings. The molecule has 2 aromatic heterocycles. The second-order valence-corrected chi connectivity index (χ2v) is 7.00. The molecule has 3 heterocycles. The summed E-state index contributed by atoms with van der Waals surface area (Å²) in [6.07, 6.45) is 8.32. The SMILES string of the molecule is Cc1cc(NC2CCCN(c3ncnc(C4CCC4)c3F)C2)ncn1. The van der Waals surface area contributed by atoms with E-state index in [1.165, 1.54) is 6.33 Å². The molecule has 1 atom stereocenters. The first-order valence-electron chi connectivity index (χ1n) is 9.01.